The van der Waals surface area contributed by atoms with Crippen LogP contribution in [0.3, 0.4) is 0 Å². The molecule has 1 fully saturated rings. The number of hydrogen-bond donors (Lipinski definition) is 1. The van der Waals surface area contributed by atoms with Gasteiger partial charge in [-0.15, -0.1) is 0 Å². The Bertz CT molecular complexity index is 827. The van der Waals surface area contributed by atoms with Gasteiger partial charge in [0, 0.05) is 51.7 Å². The average Bonchev–Trinajstić information content (AvgIpc) is 3.13. The summed E-state index contributed by atoms with van der Waals surface area (Å²) in [4.78, 5) is 33.3. The molecule has 0 radical (unpaired) electrons. The van der Waals surface area contributed by atoms with E-state index in [0.717, 1.165) is 45.1 Å². The number of aromatic nitrogens is 2. The van der Waals surface area contributed by atoms with E-state index >= 15 is 0 Å². The molecule has 0 atom stereocenters. The number of ether oxygens (including phenoxy) is 1. The standard InChI is InChI=1S/C21H29N5O3/c1-3-29-21(28)18-6-4-5-7-19(18)23-20(27)16-25-12-10-24(11-13-25)14-15-26-9-8-22-17(26)2/h4-9H,3,10-16H2,1-2H3,(H,23,27). The third-order valence-corrected chi connectivity index (χ3v) is 5.11. The van der Waals surface area contributed by atoms with Crippen LogP contribution in [-0.2, 0) is 16.1 Å². The number of esters is 1. The van der Waals surface area contributed by atoms with E-state index in [9.17, 15) is 9.59 Å². The lowest BCUT2D eigenvalue weighted by Gasteiger charge is -2.34. The summed E-state index contributed by atoms with van der Waals surface area (Å²) in [6, 6.07) is 6.93. The number of benzene rings is 1. The number of para-hydroxylation sites is 1. The van der Waals surface area contributed by atoms with Gasteiger partial charge < -0.3 is 14.6 Å². The summed E-state index contributed by atoms with van der Waals surface area (Å²) in [6.07, 6.45) is 3.83. The van der Waals surface area contributed by atoms with Crippen molar-refractivity contribution in [3.63, 3.8) is 0 Å². The van der Waals surface area contributed by atoms with Crippen molar-refractivity contribution in [2.24, 2.45) is 0 Å². The highest BCUT2D eigenvalue weighted by molar-refractivity contribution is 6.01. The van der Waals surface area contributed by atoms with Crippen molar-refractivity contribution in [2.75, 3.05) is 51.2 Å². The van der Waals surface area contributed by atoms with Gasteiger partial charge in [0.2, 0.25) is 5.91 Å². The minimum atomic E-state index is -0.426. The summed E-state index contributed by atoms with van der Waals surface area (Å²) in [5, 5.41) is 2.85. The summed E-state index contributed by atoms with van der Waals surface area (Å²) < 4.78 is 7.21. The quantitative estimate of drug-likeness (QED) is 0.680. The number of amides is 1. The lowest BCUT2D eigenvalue weighted by atomic mass is 10.2. The summed E-state index contributed by atoms with van der Waals surface area (Å²) in [5.41, 5.74) is 0.868. The number of hydrogen-bond acceptors (Lipinski definition) is 6. The van der Waals surface area contributed by atoms with Gasteiger partial charge in [-0.25, -0.2) is 9.78 Å². The molecule has 0 aliphatic carbocycles. The van der Waals surface area contributed by atoms with E-state index in [0.29, 0.717) is 24.4 Å². The third kappa shape index (κ3) is 5.88. The monoisotopic (exact) mass is 399 g/mol. The number of aryl methyl sites for hydroxylation is 1. The molecule has 2 heterocycles. The molecule has 29 heavy (non-hydrogen) atoms. The van der Waals surface area contributed by atoms with Gasteiger partial charge in [-0.2, -0.15) is 0 Å². The first-order valence-electron chi connectivity index (χ1n) is 10.0. The van der Waals surface area contributed by atoms with Gasteiger partial charge in [-0.3, -0.25) is 14.6 Å². The van der Waals surface area contributed by atoms with Crippen LogP contribution >= 0.6 is 0 Å². The molecule has 1 aliphatic heterocycles. The van der Waals surface area contributed by atoms with Gasteiger partial charge >= 0.3 is 5.97 Å². The van der Waals surface area contributed by atoms with E-state index < -0.39 is 5.97 Å². The summed E-state index contributed by atoms with van der Waals surface area (Å²) in [6.45, 7) is 9.83. The van der Waals surface area contributed by atoms with Crippen molar-refractivity contribution in [2.45, 2.75) is 20.4 Å². The second kappa shape index (κ2) is 10.2. The molecule has 1 aliphatic rings. The topological polar surface area (TPSA) is 79.7 Å². The molecule has 0 saturated carbocycles. The number of nitrogens with zero attached hydrogens (tertiary/aromatic N) is 4. The van der Waals surface area contributed by atoms with Gasteiger partial charge in [0.1, 0.15) is 5.82 Å². The van der Waals surface area contributed by atoms with Gasteiger partial charge in [-0.1, -0.05) is 12.1 Å². The summed E-state index contributed by atoms with van der Waals surface area (Å²) >= 11 is 0. The zero-order valence-electron chi connectivity index (χ0n) is 17.1. The fraction of sp³-hybridized carbons (Fsp3) is 0.476. The van der Waals surface area contributed by atoms with Crippen LogP contribution in [0.1, 0.15) is 23.1 Å². The maximum absolute atomic E-state index is 12.5. The molecule has 1 N–H and O–H groups in total. The molecule has 1 amide bonds. The second-order valence-corrected chi connectivity index (χ2v) is 7.10. The molecule has 2 aromatic rings. The predicted octanol–water partition coefficient (Wildman–Crippen LogP) is 1.62. The SMILES string of the molecule is CCOC(=O)c1ccccc1NC(=O)CN1CCN(CCn2ccnc2C)CC1. The zero-order chi connectivity index (χ0) is 20.6. The van der Waals surface area contributed by atoms with E-state index in [-0.39, 0.29) is 5.91 Å². The number of nitrogens with one attached hydrogen (secondary N) is 1. The van der Waals surface area contributed by atoms with Crippen molar-refractivity contribution in [3.05, 3.63) is 48.0 Å². The minimum Gasteiger partial charge on any atom is -0.462 e. The van der Waals surface area contributed by atoms with Crippen molar-refractivity contribution in [1.29, 1.82) is 0 Å². The Balaban J connectivity index is 1.44. The molecular formula is C21H29N5O3. The van der Waals surface area contributed by atoms with Crippen LogP contribution in [0.25, 0.3) is 0 Å². The van der Waals surface area contributed by atoms with Crippen LogP contribution in [0.2, 0.25) is 0 Å². The Kier molecular flexibility index (Phi) is 7.37. The van der Waals surface area contributed by atoms with Crippen LogP contribution in [-0.4, -0.2) is 77.1 Å². The molecule has 1 aromatic heterocycles. The fourth-order valence-electron chi connectivity index (χ4n) is 3.43. The van der Waals surface area contributed by atoms with E-state index in [4.69, 9.17) is 4.74 Å². The molecule has 0 unspecified atom stereocenters. The Morgan fingerprint density at radius 3 is 2.52 bits per heavy atom. The predicted molar refractivity (Wildman–Crippen MR) is 111 cm³/mol. The molecule has 1 saturated heterocycles. The number of piperazine rings is 1. The first kappa shape index (κ1) is 21.0. The number of rotatable bonds is 8. The smallest absolute Gasteiger partial charge is 0.340 e. The minimum absolute atomic E-state index is 0.121. The molecule has 8 heteroatoms. The zero-order valence-corrected chi connectivity index (χ0v) is 17.1. The molecule has 0 spiro atoms. The summed E-state index contributed by atoms with van der Waals surface area (Å²) in [5.74, 6) is 0.484. The van der Waals surface area contributed by atoms with Gasteiger partial charge in [0.15, 0.2) is 0 Å². The highest BCUT2D eigenvalue weighted by Gasteiger charge is 2.20. The van der Waals surface area contributed by atoms with Crippen molar-refractivity contribution < 1.29 is 14.3 Å². The van der Waals surface area contributed by atoms with Crippen LogP contribution < -0.4 is 5.32 Å². The molecule has 8 nitrogen and oxygen atoms in total. The first-order chi connectivity index (χ1) is 14.1. The number of carbonyl (C=O) groups excluding carboxylic acids is 2. The lowest BCUT2D eigenvalue weighted by molar-refractivity contribution is -0.117. The Morgan fingerprint density at radius 2 is 1.83 bits per heavy atom. The van der Waals surface area contributed by atoms with E-state index in [2.05, 4.69) is 24.7 Å². The van der Waals surface area contributed by atoms with Crippen LogP contribution in [0.15, 0.2) is 36.7 Å². The van der Waals surface area contributed by atoms with E-state index in [1.807, 2.05) is 19.3 Å². The molecule has 3 rings (SSSR count). The number of imidazole rings is 1. The van der Waals surface area contributed by atoms with Crippen molar-refractivity contribution >= 4 is 17.6 Å². The highest BCUT2D eigenvalue weighted by Crippen LogP contribution is 2.16. The molecule has 1 aromatic carbocycles. The van der Waals surface area contributed by atoms with Crippen molar-refractivity contribution in [3.8, 4) is 0 Å². The number of carbonyl (C=O) groups is 2. The largest absolute Gasteiger partial charge is 0.462 e. The molecule has 156 valence electrons. The van der Waals surface area contributed by atoms with Crippen molar-refractivity contribution in [1.82, 2.24) is 19.4 Å². The Morgan fingerprint density at radius 1 is 1.10 bits per heavy atom. The lowest BCUT2D eigenvalue weighted by Crippen LogP contribution is -2.49. The molecule has 0 bridgehead atoms. The summed E-state index contributed by atoms with van der Waals surface area (Å²) in [7, 11) is 0. The van der Waals surface area contributed by atoms with Crippen LogP contribution in [0.5, 0.6) is 0 Å². The van der Waals surface area contributed by atoms with Gasteiger partial charge in [0.25, 0.3) is 0 Å². The van der Waals surface area contributed by atoms with Gasteiger partial charge in [0.05, 0.1) is 24.4 Å². The third-order valence-electron chi connectivity index (χ3n) is 5.11. The highest BCUT2D eigenvalue weighted by atomic mass is 16.5. The maximum Gasteiger partial charge on any atom is 0.340 e. The Hall–Kier alpha value is -2.71. The number of anilines is 1. The average molecular weight is 399 g/mol. The van der Waals surface area contributed by atoms with Crippen LogP contribution in [0, 0.1) is 6.92 Å². The first-order valence-corrected chi connectivity index (χ1v) is 10.0. The second-order valence-electron chi connectivity index (χ2n) is 7.10. The maximum atomic E-state index is 12.5. The molecular weight excluding hydrogens is 370 g/mol. The van der Waals surface area contributed by atoms with Crippen LogP contribution in [0.4, 0.5) is 5.69 Å². The Labute approximate surface area is 171 Å². The van der Waals surface area contributed by atoms with E-state index in [1.165, 1.54) is 0 Å². The van der Waals surface area contributed by atoms with E-state index in [1.54, 1.807) is 31.2 Å². The normalized spacial score (nSPS) is 15.2. The van der Waals surface area contributed by atoms with Gasteiger partial charge in [-0.05, 0) is 26.0 Å². The fourth-order valence-corrected chi connectivity index (χ4v) is 3.43.